The molecule has 1 fully saturated rings. The Balaban J connectivity index is 1.77. The van der Waals surface area contributed by atoms with Crippen molar-refractivity contribution in [3.63, 3.8) is 0 Å². The topological polar surface area (TPSA) is 9.23 Å². The molecular formula is C18H23F3O. The van der Waals surface area contributed by atoms with Gasteiger partial charge in [0.25, 0.3) is 0 Å². The van der Waals surface area contributed by atoms with Gasteiger partial charge in [-0.15, -0.1) is 0 Å². The van der Waals surface area contributed by atoms with Crippen LogP contribution in [-0.4, -0.2) is 6.61 Å². The molecule has 0 heterocycles. The van der Waals surface area contributed by atoms with Gasteiger partial charge in [-0.3, -0.25) is 0 Å². The summed E-state index contributed by atoms with van der Waals surface area (Å²) in [5.41, 5.74) is -0.670. The number of hydrogen-bond donors (Lipinski definition) is 0. The van der Waals surface area contributed by atoms with Crippen LogP contribution in [0, 0.1) is 11.8 Å². The second-order valence-corrected chi connectivity index (χ2v) is 6.02. The molecular weight excluding hydrogens is 289 g/mol. The van der Waals surface area contributed by atoms with Crippen molar-refractivity contribution >= 4 is 0 Å². The quantitative estimate of drug-likeness (QED) is 0.489. The van der Waals surface area contributed by atoms with Gasteiger partial charge in [0.15, 0.2) is 0 Å². The van der Waals surface area contributed by atoms with E-state index in [4.69, 9.17) is 4.74 Å². The normalized spacial score (nSPS) is 22.9. The number of alkyl halides is 3. The molecule has 1 saturated carbocycles. The number of allylic oxidation sites excluding steroid dienone is 1. The fourth-order valence-corrected chi connectivity index (χ4v) is 2.91. The summed E-state index contributed by atoms with van der Waals surface area (Å²) in [6.07, 6.45) is 5.89. The molecule has 0 amide bonds. The Bertz CT molecular complexity index is 493. The van der Waals surface area contributed by atoms with Crippen molar-refractivity contribution in [1.82, 2.24) is 0 Å². The number of hydrogen-bond acceptors (Lipinski definition) is 1. The highest BCUT2D eigenvalue weighted by Gasteiger charge is 2.30. The fourth-order valence-electron chi connectivity index (χ4n) is 2.91. The van der Waals surface area contributed by atoms with E-state index in [2.05, 4.69) is 19.1 Å². The molecule has 0 saturated heterocycles. The maximum Gasteiger partial charge on any atom is 0.416 e. The monoisotopic (exact) mass is 312 g/mol. The van der Waals surface area contributed by atoms with Gasteiger partial charge in [-0.05, 0) is 42.9 Å². The van der Waals surface area contributed by atoms with Crippen molar-refractivity contribution in [2.24, 2.45) is 11.8 Å². The van der Waals surface area contributed by atoms with E-state index in [0.717, 1.165) is 24.5 Å². The van der Waals surface area contributed by atoms with Crippen LogP contribution in [0.4, 0.5) is 13.2 Å². The van der Waals surface area contributed by atoms with Gasteiger partial charge in [-0.25, -0.2) is 0 Å². The van der Waals surface area contributed by atoms with Gasteiger partial charge in [-0.2, -0.15) is 13.2 Å². The van der Waals surface area contributed by atoms with Crippen LogP contribution in [0.2, 0.25) is 0 Å². The van der Waals surface area contributed by atoms with E-state index in [1.807, 2.05) is 0 Å². The van der Waals surface area contributed by atoms with Crippen LogP contribution in [-0.2, 0) is 6.18 Å². The van der Waals surface area contributed by atoms with Crippen molar-refractivity contribution in [3.05, 3.63) is 42.0 Å². The van der Waals surface area contributed by atoms with E-state index in [1.54, 1.807) is 6.07 Å². The van der Waals surface area contributed by atoms with Crippen molar-refractivity contribution in [2.45, 2.75) is 45.2 Å². The lowest BCUT2D eigenvalue weighted by Crippen LogP contribution is -2.14. The summed E-state index contributed by atoms with van der Waals surface area (Å²) in [6, 6.07) is 5.03. The van der Waals surface area contributed by atoms with E-state index in [-0.39, 0.29) is 5.75 Å². The van der Waals surface area contributed by atoms with Gasteiger partial charge in [0.2, 0.25) is 0 Å². The van der Waals surface area contributed by atoms with Gasteiger partial charge in [0.1, 0.15) is 5.75 Å². The van der Waals surface area contributed by atoms with Crippen molar-refractivity contribution in [2.75, 3.05) is 6.61 Å². The minimum Gasteiger partial charge on any atom is -0.493 e. The van der Waals surface area contributed by atoms with Crippen molar-refractivity contribution < 1.29 is 17.9 Å². The van der Waals surface area contributed by atoms with Crippen molar-refractivity contribution in [3.8, 4) is 5.75 Å². The van der Waals surface area contributed by atoms with Crippen LogP contribution in [0.1, 0.15) is 44.6 Å². The Morgan fingerprint density at radius 3 is 2.73 bits per heavy atom. The van der Waals surface area contributed by atoms with Crippen LogP contribution in [0.5, 0.6) is 5.75 Å². The smallest absolute Gasteiger partial charge is 0.416 e. The highest BCUT2D eigenvalue weighted by Crippen LogP contribution is 2.32. The molecule has 1 aromatic rings. The third-order valence-electron chi connectivity index (χ3n) is 4.28. The molecule has 0 bridgehead atoms. The van der Waals surface area contributed by atoms with Gasteiger partial charge < -0.3 is 4.74 Å². The second kappa shape index (κ2) is 7.70. The number of rotatable bonds is 5. The molecule has 0 aliphatic heterocycles. The SMILES string of the molecule is CC1CCCCC1/C=C/CCOc1cccc(C(F)(F)F)c1. The average molecular weight is 312 g/mol. The highest BCUT2D eigenvalue weighted by molar-refractivity contribution is 5.30. The first-order valence-electron chi connectivity index (χ1n) is 7.93. The maximum atomic E-state index is 12.6. The molecule has 1 aromatic carbocycles. The fraction of sp³-hybridized carbons (Fsp3) is 0.556. The van der Waals surface area contributed by atoms with Gasteiger partial charge in [-0.1, -0.05) is 44.4 Å². The predicted molar refractivity (Wildman–Crippen MR) is 81.8 cm³/mol. The van der Waals surface area contributed by atoms with Gasteiger partial charge in [0.05, 0.1) is 12.2 Å². The van der Waals surface area contributed by atoms with E-state index in [1.165, 1.54) is 31.7 Å². The standard InChI is InChI=1S/C18H23F3O/c1-14-7-2-3-8-15(14)9-4-5-12-22-17-11-6-10-16(13-17)18(19,20)21/h4,6,9-11,13-15H,2-3,5,7-8,12H2,1H3/b9-4+. The van der Waals surface area contributed by atoms with Crippen LogP contribution in [0.3, 0.4) is 0 Å². The van der Waals surface area contributed by atoms with E-state index < -0.39 is 11.7 Å². The highest BCUT2D eigenvalue weighted by atomic mass is 19.4. The second-order valence-electron chi connectivity index (χ2n) is 6.02. The summed E-state index contributed by atoms with van der Waals surface area (Å²) in [4.78, 5) is 0. The molecule has 0 spiro atoms. The molecule has 122 valence electrons. The molecule has 0 radical (unpaired) electrons. The Labute approximate surface area is 130 Å². The van der Waals surface area contributed by atoms with Crippen LogP contribution >= 0.6 is 0 Å². The van der Waals surface area contributed by atoms with E-state index in [0.29, 0.717) is 12.5 Å². The Morgan fingerprint density at radius 2 is 2.00 bits per heavy atom. The number of ether oxygens (including phenoxy) is 1. The molecule has 2 atom stereocenters. The van der Waals surface area contributed by atoms with Gasteiger partial charge >= 0.3 is 6.18 Å². The van der Waals surface area contributed by atoms with Crippen LogP contribution in [0.25, 0.3) is 0 Å². The summed E-state index contributed by atoms with van der Waals surface area (Å²) in [5.74, 6) is 1.64. The summed E-state index contributed by atoms with van der Waals surface area (Å²) in [5, 5.41) is 0. The number of benzene rings is 1. The molecule has 1 aliphatic rings. The summed E-state index contributed by atoms with van der Waals surface area (Å²) in [6.45, 7) is 2.69. The van der Waals surface area contributed by atoms with Crippen LogP contribution in [0.15, 0.2) is 36.4 Å². The van der Waals surface area contributed by atoms with E-state index in [9.17, 15) is 13.2 Å². The lowest BCUT2D eigenvalue weighted by Gasteiger charge is -2.25. The first kappa shape index (κ1) is 16.9. The first-order chi connectivity index (χ1) is 10.5. The number of halogens is 3. The third-order valence-corrected chi connectivity index (χ3v) is 4.28. The zero-order valence-corrected chi connectivity index (χ0v) is 12.9. The molecule has 4 heteroatoms. The minimum absolute atomic E-state index is 0.272. The molecule has 0 N–H and O–H groups in total. The zero-order valence-electron chi connectivity index (χ0n) is 12.9. The maximum absolute atomic E-state index is 12.6. The molecule has 2 unspecified atom stereocenters. The van der Waals surface area contributed by atoms with Crippen LogP contribution < -0.4 is 4.74 Å². The summed E-state index contributed by atoms with van der Waals surface area (Å²) < 4.78 is 43.2. The van der Waals surface area contributed by atoms with E-state index >= 15 is 0 Å². The Hall–Kier alpha value is -1.45. The molecule has 22 heavy (non-hydrogen) atoms. The predicted octanol–water partition coefficient (Wildman–Crippen LogP) is 5.86. The summed E-state index contributed by atoms with van der Waals surface area (Å²) >= 11 is 0. The molecule has 1 nitrogen and oxygen atoms in total. The largest absolute Gasteiger partial charge is 0.493 e. The minimum atomic E-state index is -4.32. The molecule has 0 aromatic heterocycles. The molecule has 2 rings (SSSR count). The lowest BCUT2D eigenvalue weighted by atomic mass is 9.80. The third kappa shape index (κ3) is 5.08. The lowest BCUT2D eigenvalue weighted by molar-refractivity contribution is -0.137. The summed E-state index contributed by atoms with van der Waals surface area (Å²) in [7, 11) is 0. The average Bonchev–Trinajstić information content (AvgIpc) is 2.48. The van der Waals surface area contributed by atoms with Crippen molar-refractivity contribution in [1.29, 1.82) is 0 Å². The Kier molecular flexibility index (Phi) is 5.92. The Morgan fingerprint density at radius 1 is 1.23 bits per heavy atom. The zero-order chi connectivity index (χ0) is 16.0. The molecule has 1 aliphatic carbocycles. The van der Waals surface area contributed by atoms with Gasteiger partial charge in [0, 0.05) is 0 Å². The first-order valence-corrected chi connectivity index (χ1v) is 7.93.